The van der Waals surface area contributed by atoms with Crippen LogP contribution >= 0.6 is 23.3 Å². The second kappa shape index (κ2) is 12.6. The van der Waals surface area contributed by atoms with Crippen molar-refractivity contribution in [2.45, 2.75) is 9.79 Å². The Balaban J connectivity index is 1.00. The highest BCUT2D eigenvalue weighted by Crippen LogP contribution is 2.52. The molecular formula is C47H29N5S2. The number of para-hydroxylation sites is 2. The standard InChI is InChI=1S/C47H29N5S2/c1-2-10-30(11-3-1)32-19-23-35(24-20-32)51-40-17-6-7-18-42(40)53-43-29-34(22-26-41(43)51)45-49-47(54-50-45)39-15-8-14-37-38-16-9-27-48-46(38)52(44(37)39)36-25-21-31-12-4-5-13-33(31)28-36/h1-29H. The zero-order valence-corrected chi connectivity index (χ0v) is 30.4. The van der Waals surface area contributed by atoms with Gasteiger partial charge in [-0.1, -0.05) is 109 Å². The fraction of sp³-hybridized carbons (Fsp3) is 0. The maximum Gasteiger partial charge on any atom is 0.173 e. The Labute approximate surface area is 320 Å². The molecule has 254 valence electrons. The molecule has 3 aromatic heterocycles. The van der Waals surface area contributed by atoms with Crippen molar-refractivity contribution in [1.29, 1.82) is 0 Å². The molecule has 0 amide bonds. The van der Waals surface area contributed by atoms with Gasteiger partial charge in [-0.3, -0.25) is 4.57 Å². The Bertz CT molecular complexity index is 3040. The number of benzene rings is 7. The summed E-state index contributed by atoms with van der Waals surface area (Å²) < 4.78 is 7.24. The summed E-state index contributed by atoms with van der Waals surface area (Å²) in [6.07, 6.45) is 1.87. The van der Waals surface area contributed by atoms with Gasteiger partial charge in [0.05, 0.1) is 16.9 Å². The van der Waals surface area contributed by atoms with E-state index in [4.69, 9.17) is 14.3 Å². The van der Waals surface area contributed by atoms with Crippen molar-refractivity contribution in [1.82, 2.24) is 18.9 Å². The zero-order valence-electron chi connectivity index (χ0n) is 28.8. The molecule has 0 fully saturated rings. The van der Waals surface area contributed by atoms with Gasteiger partial charge < -0.3 is 4.90 Å². The van der Waals surface area contributed by atoms with Crippen molar-refractivity contribution in [3.8, 4) is 38.8 Å². The molecule has 5 nitrogen and oxygen atoms in total. The monoisotopic (exact) mass is 727 g/mol. The SMILES string of the molecule is c1ccc(-c2ccc(N3c4ccccc4Sc4cc(-c5nsc(-c6cccc7c8cccnc8n(-c8ccc9ccccc9c8)c67)n5)ccc43)cc2)cc1. The molecule has 0 aliphatic carbocycles. The summed E-state index contributed by atoms with van der Waals surface area (Å²) >= 11 is 3.23. The number of nitrogens with zero attached hydrogens (tertiary/aromatic N) is 5. The lowest BCUT2D eigenvalue weighted by molar-refractivity contribution is 1.14. The van der Waals surface area contributed by atoms with Crippen LogP contribution in [0.2, 0.25) is 0 Å². The molecule has 11 rings (SSSR count). The predicted molar refractivity (Wildman–Crippen MR) is 225 cm³/mol. The molecule has 0 radical (unpaired) electrons. The van der Waals surface area contributed by atoms with E-state index in [1.807, 2.05) is 12.3 Å². The van der Waals surface area contributed by atoms with Gasteiger partial charge >= 0.3 is 0 Å². The molecule has 54 heavy (non-hydrogen) atoms. The molecule has 4 heterocycles. The first kappa shape index (κ1) is 31.0. The average molecular weight is 728 g/mol. The third-order valence-corrected chi connectivity index (χ3v) is 12.1. The Morgan fingerprint density at radius 2 is 1.24 bits per heavy atom. The Morgan fingerprint density at radius 1 is 0.500 bits per heavy atom. The van der Waals surface area contributed by atoms with Crippen LogP contribution in [-0.4, -0.2) is 18.9 Å². The number of anilines is 3. The lowest BCUT2D eigenvalue weighted by Crippen LogP contribution is -2.14. The van der Waals surface area contributed by atoms with E-state index in [0.29, 0.717) is 0 Å². The molecule has 0 unspecified atom stereocenters. The summed E-state index contributed by atoms with van der Waals surface area (Å²) in [4.78, 5) is 14.8. The Kier molecular flexibility index (Phi) is 7.21. The van der Waals surface area contributed by atoms with Gasteiger partial charge in [-0.25, -0.2) is 9.97 Å². The molecule has 0 saturated carbocycles. The maximum absolute atomic E-state index is 5.22. The summed E-state index contributed by atoms with van der Waals surface area (Å²) in [6.45, 7) is 0. The van der Waals surface area contributed by atoms with Crippen molar-refractivity contribution in [3.63, 3.8) is 0 Å². The topological polar surface area (TPSA) is 46.8 Å². The highest BCUT2D eigenvalue weighted by atomic mass is 32.2. The number of hydrogen-bond acceptors (Lipinski definition) is 6. The van der Waals surface area contributed by atoms with Gasteiger partial charge in [0.2, 0.25) is 0 Å². The van der Waals surface area contributed by atoms with E-state index in [2.05, 4.69) is 173 Å². The van der Waals surface area contributed by atoms with E-state index in [-0.39, 0.29) is 0 Å². The predicted octanol–water partition coefficient (Wildman–Crippen LogP) is 13.1. The zero-order chi connectivity index (χ0) is 35.6. The minimum atomic E-state index is 0.722. The van der Waals surface area contributed by atoms with Crippen LogP contribution in [-0.2, 0) is 0 Å². The summed E-state index contributed by atoms with van der Waals surface area (Å²) in [5, 5.41) is 5.52. The highest BCUT2D eigenvalue weighted by Gasteiger charge is 2.26. The van der Waals surface area contributed by atoms with Crippen LogP contribution < -0.4 is 4.90 Å². The number of rotatable bonds is 5. The molecule has 7 aromatic carbocycles. The Hall–Kier alpha value is -6.54. The first-order valence-corrected chi connectivity index (χ1v) is 19.4. The van der Waals surface area contributed by atoms with Gasteiger partial charge in [-0.2, -0.15) is 4.37 Å². The quantitative estimate of drug-likeness (QED) is 0.177. The third-order valence-electron chi connectivity index (χ3n) is 10.2. The number of hydrogen-bond donors (Lipinski definition) is 0. The van der Waals surface area contributed by atoms with E-state index in [1.54, 1.807) is 11.8 Å². The van der Waals surface area contributed by atoms with Crippen molar-refractivity contribution in [2.75, 3.05) is 4.90 Å². The van der Waals surface area contributed by atoms with Crippen LogP contribution in [0.15, 0.2) is 186 Å². The number of pyridine rings is 1. The van der Waals surface area contributed by atoms with E-state index < -0.39 is 0 Å². The average Bonchev–Trinajstić information content (AvgIpc) is 3.87. The molecule has 1 aliphatic rings. The minimum absolute atomic E-state index is 0.722. The summed E-state index contributed by atoms with van der Waals surface area (Å²) in [7, 11) is 0. The number of fused-ring (bicyclic) bond motifs is 6. The van der Waals surface area contributed by atoms with Gasteiger partial charge in [-0.15, -0.1) is 0 Å². The van der Waals surface area contributed by atoms with E-state index in [9.17, 15) is 0 Å². The molecule has 0 spiro atoms. The summed E-state index contributed by atoms with van der Waals surface area (Å²) in [5.74, 6) is 0.722. The summed E-state index contributed by atoms with van der Waals surface area (Å²) in [6, 6.07) is 60.3. The van der Waals surface area contributed by atoms with Gasteiger partial charge in [0, 0.05) is 49.3 Å². The molecule has 1 aliphatic heterocycles. The van der Waals surface area contributed by atoms with Crippen LogP contribution in [0.4, 0.5) is 17.1 Å². The van der Waals surface area contributed by atoms with Crippen molar-refractivity contribution < 1.29 is 0 Å². The lowest BCUT2D eigenvalue weighted by atomic mass is 10.0. The fourth-order valence-corrected chi connectivity index (χ4v) is 9.50. The molecule has 10 aromatic rings. The first-order valence-electron chi connectivity index (χ1n) is 17.9. The molecule has 7 heteroatoms. The van der Waals surface area contributed by atoms with Crippen molar-refractivity contribution >= 4 is 73.1 Å². The van der Waals surface area contributed by atoms with E-state index >= 15 is 0 Å². The maximum atomic E-state index is 5.22. The summed E-state index contributed by atoms with van der Waals surface area (Å²) in [5.41, 5.74) is 10.9. The third kappa shape index (κ3) is 5.05. The molecule has 0 bridgehead atoms. The smallest absolute Gasteiger partial charge is 0.173 e. The van der Waals surface area contributed by atoms with Crippen LogP contribution in [0.1, 0.15) is 0 Å². The minimum Gasteiger partial charge on any atom is -0.308 e. The van der Waals surface area contributed by atoms with Gasteiger partial charge in [0.1, 0.15) is 10.7 Å². The van der Waals surface area contributed by atoms with Crippen LogP contribution in [0.25, 0.3) is 71.5 Å². The van der Waals surface area contributed by atoms with Crippen LogP contribution in [0.3, 0.4) is 0 Å². The fourth-order valence-electron chi connectivity index (χ4n) is 7.69. The van der Waals surface area contributed by atoms with Gasteiger partial charge in [0.25, 0.3) is 0 Å². The second-order valence-corrected chi connectivity index (χ2v) is 15.2. The lowest BCUT2D eigenvalue weighted by Gasteiger charge is -2.33. The van der Waals surface area contributed by atoms with E-state index in [0.717, 1.165) is 61.0 Å². The van der Waals surface area contributed by atoms with Crippen LogP contribution in [0.5, 0.6) is 0 Å². The van der Waals surface area contributed by atoms with Crippen molar-refractivity contribution in [3.05, 3.63) is 176 Å². The largest absolute Gasteiger partial charge is 0.308 e. The highest BCUT2D eigenvalue weighted by molar-refractivity contribution is 7.99. The first-order chi connectivity index (χ1) is 26.8. The molecule has 0 N–H and O–H groups in total. The van der Waals surface area contributed by atoms with Crippen molar-refractivity contribution in [2.24, 2.45) is 0 Å². The number of aromatic nitrogens is 4. The van der Waals surface area contributed by atoms with Gasteiger partial charge in [-0.05, 0) is 106 Å². The second-order valence-electron chi connectivity index (χ2n) is 13.4. The molecular weight excluding hydrogens is 699 g/mol. The Morgan fingerprint density at radius 3 is 2.15 bits per heavy atom. The van der Waals surface area contributed by atoms with Gasteiger partial charge in [0.15, 0.2) is 5.82 Å². The molecule has 0 atom stereocenters. The normalized spacial score (nSPS) is 12.3. The van der Waals surface area contributed by atoms with Crippen LogP contribution in [0, 0.1) is 0 Å². The molecule has 0 saturated heterocycles. The van der Waals surface area contributed by atoms with E-state index in [1.165, 1.54) is 48.9 Å².